The van der Waals surface area contributed by atoms with Crippen LogP contribution < -0.4 is 11.1 Å². The second-order valence-electron chi connectivity index (χ2n) is 2.73. The number of nitrogens with zero attached hydrogens (tertiary/aromatic N) is 1. The first-order chi connectivity index (χ1) is 5.04. The number of nitrogens with two attached hydrogens (primary N) is 1. The minimum Gasteiger partial charge on any atom is -0.318 e. The molecule has 0 aromatic rings. The van der Waals surface area contributed by atoms with Crippen LogP contribution in [0.2, 0.25) is 0 Å². The first kappa shape index (κ1) is 9.92. The summed E-state index contributed by atoms with van der Waals surface area (Å²) >= 11 is 0. The van der Waals surface area contributed by atoms with Crippen LogP contribution in [0.25, 0.3) is 0 Å². The smallest absolute Gasteiger partial charge is 0.252 e. The topological polar surface area (TPSA) is 78.9 Å². The van der Waals surface area contributed by atoms with E-state index >= 15 is 0 Å². The van der Waals surface area contributed by atoms with E-state index in [2.05, 4.69) is 0 Å². The second kappa shape index (κ2) is 3.94. The van der Waals surface area contributed by atoms with E-state index < -0.39 is 11.4 Å². The molecular weight excluding hydrogens is 142 g/mol. The van der Waals surface area contributed by atoms with Gasteiger partial charge < -0.3 is 5.73 Å². The molecule has 0 heterocycles. The van der Waals surface area contributed by atoms with Crippen LogP contribution in [0.1, 0.15) is 26.7 Å². The van der Waals surface area contributed by atoms with Crippen LogP contribution >= 0.6 is 0 Å². The average molecular weight is 155 g/mol. The van der Waals surface area contributed by atoms with Crippen molar-refractivity contribution < 1.29 is 4.79 Å². The second-order valence-corrected chi connectivity index (χ2v) is 2.73. The molecule has 0 saturated carbocycles. The molecule has 0 saturated heterocycles. The normalized spacial score (nSPS) is 14.7. The molecule has 0 aromatic carbocycles. The van der Waals surface area contributed by atoms with Gasteiger partial charge in [0, 0.05) is 0 Å². The predicted octanol–water partition coefficient (Wildman–Crippen LogP) is 0.101. The number of hydrogen-bond acceptors (Lipinski definition) is 3. The van der Waals surface area contributed by atoms with E-state index in [1.807, 2.05) is 12.2 Å². The highest BCUT2D eigenvalue weighted by molar-refractivity contribution is 5.86. The molecule has 0 fully saturated rings. The molecule has 62 valence electrons. The maximum atomic E-state index is 11.0. The van der Waals surface area contributed by atoms with Crippen molar-refractivity contribution in [3.63, 3.8) is 0 Å². The summed E-state index contributed by atoms with van der Waals surface area (Å²) in [6.07, 6.45) is 2.96. The van der Waals surface area contributed by atoms with E-state index in [0.29, 0.717) is 6.42 Å². The van der Waals surface area contributed by atoms with Gasteiger partial charge in [-0.1, -0.05) is 13.3 Å². The number of nitriles is 1. The van der Waals surface area contributed by atoms with Crippen molar-refractivity contribution in [2.24, 2.45) is 5.73 Å². The average Bonchev–Trinajstić information content (AvgIpc) is 1.88. The fourth-order valence-corrected chi connectivity index (χ4v) is 0.826. The molecule has 0 bridgehead atoms. The number of nitrogens with one attached hydrogen (secondary N) is 1. The molecule has 0 aromatic heterocycles. The summed E-state index contributed by atoms with van der Waals surface area (Å²) < 4.78 is 0. The Labute approximate surface area is 66.4 Å². The Balaban J connectivity index is 4.08. The summed E-state index contributed by atoms with van der Waals surface area (Å²) in [5.74, 6) is -0.415. The molecule has 0 aliphatic carbocycles. The lowest BCUT2D eigenvalue weighted by Crippen LogP contribution is -2.50. The Kier molecular flexibility index (Phi) is 3.55. The molecule has 3 N–H and O–H groups in total. The molecule has 1 atom stereocenters. The molecule has 0 spiro atoms. The zero-order valence-electron chi connectivity index (χ0n) is 6.85. The Bertz CT molecular complexity index is 181. The van der Waals surface area contributed by atoms with Gasteiger partial charge in [0.1, 0.15) is 0 Å². The largest absolute Gasteiger partial charge is 0.318 e. The zero-order valence-corrected chi connectivity index (χ0v) is 6.85. The lowest BCUT2D eigenvalue weighted by Gasteiger charge is -2.20. The maximum Gasteiger partial charge on any atom is 0.252 e. The van der Waals surface area contributed by atoms with Gasteiger partial charge in [0.2, 0.25) is 0 Å². The molecule has 0 rings (SSSR count). The molecule has 1 unspecified atom stereocenters. The number of rotatable bonds is 3. The first-order valence-corrected chi connectivity index (χ1v) is 3.53. The van der Waals surface area contributed by atoms with Crippen molar-refractivity contribution in [1.29, 1.82) is 5.26 Å². The summed E-state index contributed by atoms with van der Waals surface area (Å²) in [5.41, 5.74) is 4.68. The van der Waals surface area contributed by atoms with Crippen LogP contribution in [0.15, 0.2) is 0 Å². The van der Waals surface area contributed by atoms with Crippen molar-refractivity contribution in [1.82, 2.24) is 5.32 Å². The monoisotopic (exact) mass is 155 g/mol. The zero-order chi connectivity index (χ0) is 8.91. The van der Waals surface area contributed by atoms with Crippen LogP contribution in [-0.4, -0.2) is 11.4 Å². The SMILES string of the molecule is CCCC(C)(N)C(=O)NC#N. The van der Waals surface area contributed by atoms with Gasteiger partial charge in [0.25, 0.3) is 5.91 Å². The highest BCUT2D eigenvalue weighted by atomic mass is 16.2. The lowest BCUT2D eigenvalue weighted by molar-refractivity contribution is -0.124. The van der Waals surface area contributed by atoms with Gasteiger partial charge in [-0.15, -0.1) is 0 Å². The summed E-state index contributed by atoms with van der Waals surface area (Å²) in [4.78, 5) is 11.0. The fourth-order valence-electron chi connectivity index (χ4n) is 0.826. The number of carbonyl (C=O) groups is 1. The Morgan fingerprint density at radius 2 is 2.36 bits per heavy atom. The molecule has 4 heteroatoms. The van der Waals surface area contributed by atoms with Gasteiger partial charge in [0.15, 0.2) is 6.19 Å². The Morgan fingerprint density at radius 1 is 1.82 bits per heavy atom. The van der Waals surface area contributed by atoms with Crippen LogP contribution in [0, 0.1) is 11.5 Å². The van der Waals surface area contributed by atoms with Gasteiger partial charge in [-0.2, -0.15) is 5.26 Å². The van der Waals surface area contributed by atoms with Crippen molar-refractivity contribution >= 4 is 5.91 Å². The lowest BCUT2D eigenvalue weighted by atomic mass is 9.97. The Hall–Kier alpha value is -1.08. The van der Waals surface area contributed by atoms with Crippen molar-refractivity contribution in [2.45, 2.75) is 32.2 Å². The molecule has 0 aliphatic heterocycles. The van der Waals surface area contributed by atoms with Gasteiger partial charge in [0.05, 0.1) is 5.54 Å². The summed E-state index contributed by atoms with van der Waals surface area (Å²) in [7, 11) is 0. The fraction of sp³-hybridized carbons (Fsp3) is 0.714. The predicted molar refractivity (Wildman–Crippen MR) is 41.3 cm³/mol. The van der Waals surface area contributed by atoms with Gasteiger partial charge >= 0.3 is 0 Å². The van der Waals surface area contributed by atoms with Gasteiger partial charge in [-0.25, -0.2) is 0 Å². The molecule has 4 nitrogen and oxygen atoms in total. The van der Waals surface area contributed by atoms with Crippen LogP contribution in [0.5, 0.6) is 0 Å². The van der Waals surface area contributed by atoms with E-state index in [-0.39, 0.29) is 0 Å². The highest BCUT2D eigenvalue weighted by Gasteiger charge is 2.26. The highest BCUT2D eigenvalue weighted by Crippen LogP contribution is 2.07. The van der Waals surface area contributed by atoms with Crippen molar-refractivity contribution in [3.05, 3.63) is 0 Å². The van der Waals surface area contributed by atoms with Crippen LogP contribution in [0.3, 0.4) is 0 Å². The minimum atomic E-state index is -0.912. The van der Waals surface area contributed by atoms with Crippen molar-refractivity contribution in [2.75, 3.05) is 0 Å². The molecular formula is C7H13N3O. The molecule has 11 heavy (non-hydrogen) atoms. The first-order valence-electron chi connectivity index (χ1n) is 3.53. The van der Waals surface area contributed by atoms with E-state index in [1.54, 1.807) is 13.1 Å². The van der Waals surface area contributed by atoms with E-state index in [4.69, 9.17) is 11.0 Å². The third kappa shape index (κ3) is 3.01. The van der Waals surface area contributed by atoms with E-state index in [9.17, 15) is 4.79 Å². The van der Waals surface area contributed by atoms with Crippen molar-refractivity contribution in [3.8, 4) is 6.19 Å². The quantitative estimate of drug-likeness (QED) is 0.448. The number of amides is 1. The van der Waals surface area contributed by atoms with Gasteiger partial charge in [-0.05, 0) is 13.3 Å². The standard InChI is InChI=1S/C7H13N3O/c1-3-4-7(2,9)6(11)10-5-8/h3-4,9H2,1-2H3,(H,10,11). The maximum absolute atomic E-state index is 11.0. The van der Waals surface area contributed by atoms with Crippen LogP contribution in [-0.2, 0) is 4.79 Å². The Morgan fingerprint density at radius 3 is 2.73 bits per heavy atom. The number of carbonyl (C=O) groups excluding carboxylic acids is 1. The number of hydrogen-bond donors (Lipinski definition) is 2. The summed E-state index contributed by atoms with van der Waals surface area (Å²) in [6, 6.07) is 0. The molecule has 0 radical (unpaired) electrons. The van der Waals surface area contributed by atoms with Gasteiger partial charge in [-0.3, -0.25) is 10.1 Å². The third-order valence-corrected chi connectivity index (χ3v) is 1.46. The van der Waals surface area contributed by atoms with E-state index in [0.717, 1.165) is 6.42 Å². The minimum absolute atomic E-state index is 0.415. The van der Waals surface area contributed by atoms with Crippen LogP contribution in [0.4, 0.5) is 0 Å². The summed E-state index contributed by atoms with van der Waals surface area (Å²) in [5, 5.41) is 10.1. The molecule has 0 aliphatic rings. The van der Waals surface area contributed by atoms with E-state index in [1.165, 1.54) is 0 Å². The summed E-state index contributed by atoms with van der Waals surface area (Å²) in [6.45, 7) is 3.55. The molecule has 1 amide bonds. The third-order valence-electron chi connectivity index (χ3n) is 1.46.